The number of pyridine rings is 1. The van der Waals surface area contributed by atoms with E-state index in [1.165, 1.54) is 4.90 Å². The van der Waals surface area contributed by atoms with Gasteiger partial charge in [0, 0.05) is 49.8 Å². The standard InChI is InChI=1S/C26H36N4O5/c1-6-23(31)27-9-11-29-22-14-21(17(4)12-19(22)13-18(5)24(29)32)25(33)30(16(2)3)20-8-7-10-28(15-20)26(34)35/h12-14,16,20H,6-11,15H2,1-5H3,(H,27,31)(H,34,35)/t20-/m1/s1. The average Bonchev–Trinajstić information content (AvgIpc) is 2.81. The average molecular weight is 485 g/mol. The van der Waals surface area contributed by atoms with Crippen LogP contribution in [0.25, 0.3) is 10.9 Å². The predicted octanol–water partition coefficient (Wildman–Crippen LogP) is 3.14. The van der Waals surface area contributed by atoms with E-state index in [-0.39, 0.29) is 36.0 Å². The summed E-state index contributed by atoms with van der Waals surface area (Å²) in [7, 11) is 0. The molecule has 1 aromatic carbocycles. The van der Waals surface area contributed by atoms with Gasteiger partial charge in [0.05, 0.1) is 11.6 Å². The molecule has 0 radical (unpaired) electrons. The van der Waals surface area contributed by atoms with Crippen LogP contribution in [0.5, 0.6) is 0 Å². The first-order valence-electron chi connectivity index (χ1n) is 12.3. The zero-order valence-electron chi connectivity index (χ0n) is 21.3. The second-order valence-corrected chi connectivity index (χ2v) is 9.54. The van der Waals surface area contributed by atoms with Crippen molar-refractivity contribution in [1.29, 1.82) is 0 Å². The molecule has 3 rings (SSSR count). The third-order valence-electron chi connectivity index (χ3n) is 6.68. The Hall–Kier alpha value is -3.36. The van der Waals surface area contributed by atoms with Crippen molar-refractivity contribution in [1.82, 2.24) is 19.7 Å². The molecule has 0 spiro atoms. The number of aromatic nitrogens is 1. The van der Waals surface area contributed by atoms with Gasteiger partial charge in [-0.2, -0.15) is 0 Å². The third-order valence-corrected chi connectivity index (χ3v) is 6.68. The molecule has 2 heterocycles. The van der Waals surface area contributed by atoms with Gasteiger partial charge >= 0.3 is 6.09 Å². The fourth-order valence-corrected chi connectivity index (χ4v) is 4.89. The third kappa shape index (κ3) is 5.66. The van der Waals surface area contributed by atoms with Crippen molar-refractivity contribution in [2.45, 2.75) is 72.5 Å². The first-order valence-corrected chi connectivity index (χ1v) is 12.3. The highest BCUT2D eigenvalue weighted by molar-refractivity contribution is 6.00. The molecule has 1 atom stereocenters. The van der Waals surface area contributed by atoms with Gasteiger partial charge in [-0.05, 0) is 69.7 Å². The Kier molecular flexibility index (Phi) is 8.19. The van der Waals surface area contributed by atoms with Crippen LogP contribution in [0, 0.1) is 13.8 Å². The van der Waals surface area contributed by atoms with E-state index < -0.39 is 6.09 Å². The molecule has 1 aromatic heterocycles. The highest BCUT2D eigenvalue weighted by Crippen LogP contribution is 2.25. The summed E-state index contributed by atoms with van der Waals surface area (Å²) >= 11 is 0. The van der Waals surface area contributed by atoms with E-state index in [2.05, 4.69) is 5.32 Å². The molecule has 9 nitrogen and oxygen atoms in total. The number of likely N-dealkylation sites (tertiary alicyclic amines) is 1. The number of aryl methyl sites for hydroxylation is 2. The van der Waals surface area contributed by atoms with Crippen LogP contribution in [-0.4, -0.2) is 69.1 Å². The number of rotatable bonds is 7. The molecule has 1 saturated heterocycles. The number of carbonyl (C=O) groups excluding carboxylic acids is 2. The molecule has 9 heteroatoms. The normalized spacial score (nSPS) is 15.9. The van der Waals surface area contributed by atoms with Crippen LogP contribution in [0.15, 0.2) is 23.0 Å². The van der Waals surface area contributed by atoms with Gasteiger partial charge in [-0.1, -0.05) is 6.92 Å². The zero-order chi connectivity index (χ0) is 25.9. The molecule has 2 N–H and O–H groups in total. The number of piperidine rings is 1. The summed E-state index contributed by atoms with van der Waals surface area (Å²) in [6.45, 7) is 10.6. The molecule has 0 aliphatic carbocycles. The Bertz CT molecular complexity index is 1190. The minimum Gasteiger partial charge on any atom is -0.465 e. The monoisotopic (exact) mass is 484 g/mol. The van der Waals surface area contributed by atoms with Gasteiger partial charge in [-0.15, -0.1) is 0 Å². The van der Waals surface area contributed by atoms with E-state index in [0.717, 1.165) is 17.4 Å². The van der Waals surface area contributed by atoms with Crippen LogP contribution in [0.1, 0.15) is 61.5 Å². The SMILES string of the molecule is CCC(=O)NCCn1c(=O)c(C)cc2cc(C)c(C(=O)N(C(C)C)[C@@H]3CCCN(C(=O)O)C3)cc21. The Morgan fingerprint density at radius 3 is 2.49 bits per heavy atom. The second kappa shape index (κ2) is 10.9. The van der Waals surface area contributed by atoms with Crippen molar-refractivity contribution in [3.63, 3.8) is 0 Å². The molecule has 2 aromatic rings. The minimum atomic E-state index is -0.970. The molecule has 1 fully saturated rings. The lowest BCUT2D eigenvalue weighted by molar-refractivity contribution is -0.120. The quantitative estimate of drug-likeness (QED) is 0.627. The van der Waals surface area contributed by atoms with E-state index in [4.69, 9.17) is 0 Å². The first kappa shape index (κ1) is 26.2. The van der Waals surface area contributed by atoms with E-state index in [1.54, 1.807) is 29.4 Å². The first-order chi connectivity index (χ1) is 16.5. The molecular formula is C26H36N4O5. The van der Waals surface area contributed by atoms with Gasteiger partial charge in [0.1, 0.15) is 0 Å². The van der Waals surface area contributed by atoms with Crippen LogP contribution < -0.4 is 10.9 Å². The number of hydrogen-bond acceptors (Lipinski definition) is 4. The van der Waals surface area contributed by atoms with Gasteiger partial charge in [-0.3, -0.25) is 14.4 Å². The Labute approximate surface area is 205 Å². The fourth-order valence-electron chi connectivity index (χ4n) is 4.89. The van der Waals surface area contributed by atoms with Gasteiger partial charge in [0.25, 0.3) is 11.5 Å². The van der Waals surface area contributed by atoms with Crippen molar-refractivity contribution >= 4 is 28.8 Å². The Balaban J connectivity index is 2.02. The maximum Gasteiger partial charge on any atom is 0.407 e. The van der Waals surface area contributed by atoms with Crippen molar-refractivity contribution in [2.75, 3.05) is 19.6 Å². The number of nitrogens with one attached hydrogen (secondary N) is 1. The number of carboxylic acid groups (broad SMARTS) is 1. The molecule has 0 saturated carbocycles. The van der Waals surface area contributed by atoms with Crippen LogP contribution in [0.3, 0.4) is 0 Å². The summed E-state index contributed by atoms with van der Waals surface area (Å²) in [6.07, 6.45) is 0.836. The Morgan fingerprint density at radius 1 is 1.17 bits per heavy atom. The summed E-state index contributed by atoms with van der Waals surface area (Å²) in [4.78, 5) is 53.2. The van der Waals surface area contributed by atoms with Gasteiger partial charge < -0.3 is 24.8 Å². The van der Waals surface area contributed by atoms with Crippen molar-refractivity contribution in [3.05, 3.63) is 45.2 Å². The summed E-state index contributed by atoms with van der Waals surface area (Å²) in [5.41, 5.74) is 2.36. The fraction of sp³-hybridized carbons (Fsp3) is 0.538. The maximum absolute atomic E-state index is 13.8. The summed E-state index contributed by atoms with van der Waals surface area (Å²) in [5.74, 6) is -0.257. The zero-order valence-corrected chi connectivity index (χ0v) is 21.3. The topological polar surface area (TPSA) is 112 Å². The van der Waals surface area contributed by atoms with E-state index in [0.29, 0.717) is 49.1 Å². The van der Waals surface area contributed by atoms with E-state index in [9.17, 15) is 24.3 Å². The lowest BCUT2D eigenvalue weighted by atomic mass is 9.98. The van der Waals surface area contributed by atoms with Crippen molar-refractivity contribution in [2.24, 2.45) is 0 Å². The molecule has 1 aliphatic heterocycles. The van der Waals surface area contributed by atoms with Crippen LogP contribution >= 0.6 is 0 Å². The Morgan fingerprint density at radius 2 is 1.86 bits per heavy atom. The lowest BCUT2D eigenvalue weighted by Gasteiger charge is -2.40. The number of amides is 3. The van der Waals surface area contributed by atoms with Crippen LogP contribution in [-0.2, 0) is 11.3 Å². The molecule has 35 heavy (non-hydrogen) atoms. The van der Waals surface area contributed by atoms with E-state index >= 15 is 0 Å². The van der Waals surface area contributed by atoms with Crippen molar-refractivity contribution in [3.8, 4) is 0 Å². The number of carbonyl (C=O) groups is 3. The molecule has 0 unspecified atom stereocenters. The molecule has 0 bridgehead atoms. The number of benzene rings is 1. The largest absolute Gasteiger partial charge is 0.465 e. The molecule has 1 aliphatic rings. The number of fused-ring (bicyclic) bond motifs is 1. The smallest absolute Gasteiger partial charge is 0.407 e. The van der Waals surface area contributed by atoms with E-state index in [1.807, 2.05) is 32.9 Å². The summed E-state index contributed by atoms with van der Waals surface area (Å²) < 4.78 is 1.61. The maximum atomic E-state index is 13.8. The summed E-state index contributed by atoms with van der Waals surface area (Å²) in [6, 6.07) is 5.17. The highest BCUT2D eigenvalue weighted by atomic mass is 16.4. The number of hydrogen-bond donors (Lipinski definition) is 2. The summed E-state index contributed by atoms with van der Waals surface area (Å²) in [5, 5.41) is 13.1. The minimum absolute atomic E-state index is 0.0859. The lowest BCUT2D eigenvalue weighted by Crippen LogP contribution is -2.53. The predicted molar refractivity (Wildman–Crippen MR) is 135 cm³/mol. The highest BCUT2D eigenvalue weighted by Gasteiger charge is 2.33. The number of nitrogens with zero attached hydrogens (tertiary/aromatic N) is 3. The van der Waals surface area contributed by atoms with Crippen LogP contribution in [0.2, 0.25) is 0 Å². The molecule has 3 amide bonds. The van der Waals surface area contributed by atoms with Crippen molar-refractivity contribution < 1.29 is 19.5 Å². The van der Waals surface area contributed by atoms with Gasteiger partial charge in [0.2, 0.25) is 5.91 Å². The molecule has 190 valence electrons. The van der Waals surface area contributed by atoms with Crippen LogP contribution in [0.4, 0.5) is 4.79 Å². The van der Waals surface area contributed by atoms with Gasteiger partial charge in [0.15, 0.2) is 0 Å². The molecular weight excluding hydrogens is 448 g/mol. The van der Waals surface area contributed by atoms with Gasteiger partial charge in [-0.25, -0.2) is 4.79 Å². The second-order valence-electron chi connectivity index (χ2n) is 9.54.